The standard InChI is InChI=1S/C18H23NO6S2/c1-13(2)25-14-5-7-16(8-6-14)27(22,23)18-12-26(20,21)11-17(18)19-10-15-4-3-9-24-15/h3-9,13,17-19H,10-12H2,1-2H3/t17-,18-/m0/s1. The van der Waals surface area contributed by atoms with E-state index in [1.807, 2.05) is 13.8 Å². The van der Waals surface area contributed by atoms with E-state index in [-0.39, 0.29) is 23.3 Å². The first-order valence-corrected chi connectivity index (χ1v) is 12.0. The van der Waals surface area contributed by atoms with Crippen LogP contribution in [0.2, 0.25) is 0 Å². The Morgan fingerprint density at radius 1 is 1.19 bits per heavy atom. The van der Waals surface area contributed by atoms with E-state index in [9.17, 15) is 16.8 Å². The Morgan fingerprint density at radius 3 is 2.48 bits per heavy atom. The molecule has 0 aliphatic carbocycles. The first-order chi connectivity index (χ1) is 12.7. The van der Waals surface area contributed by atoms with Gasteiger partial charge in [0.2, 0.25) is 0 Å². The van der Waals surface area contributed by atoms with Gasteiger partial charge >= 0.3 is 0 Å². The second kappa shape index (κ2) is 7.65. The monoisotopic (exact) mass is 413 g/mol. The summed E-state index contributed by atoms with van der Waals surface area (Å²) in [7, 11) is -7.27. The molecule has 2 atom stereocenters. The maximum absolute atomic E-state index is 13.1. The molecule has 27 heavy (non-hydrogen) atoms. The van der Waals surface area contributed by atoms with Gasteiger partial charge in [0.25, 0.3) is 0 Å². The van der Waals surface area contributed by atoms with Crippen LogP contribution in [0.1, 0.15) is 19.6 Å². The fraction of sp³-hybridized carbons (Fsp3) is 0.444. The van der Waals surface area contributed by atoms with Crippen LogP contribution in [-0.2, 0) is 26.2 Å². The van der Waals surface area contributed by atoms with Crippen LogP contribution in [0.4, 0.5) is 0 Å². The first kappa shape index (κ1) is 19.9. The summed E-state index contributed by atoms with van der Waals surface area (Å²) in [5, 5.41) is 1.98. The molecule has 2 heterocycles. The van der Waals surface area contributed by atoms with Crippen molar-refractivity contribution < 1.29 is 26.0 Å². The molecule has 0 radical (unpaired) electrons. The lowest BCUT2D eigenvalue weighted by molar-refractivity contribution is 0.242. The zero-order valence-corrected chi connectivity index (χ0v) is 16.8. The molecule has 0 bridgehead atoms. The molecule has 1 saturated heterocycles. The molecule has 9 heteroatoms. The lowest BCUT2D eigenvalue weighted by Gasteiger charge is -2.20. The van der Waals surface area contributed by atoms with Gasteiger partial charge in [0.15, 0.2) is 19.7 Å². The van der Waals surface area contributed by atoms with Crippen LogP contribution in [-0.4, -0.2) is 45.7 Å². The van der Waals surface area contributed by atoms with Gasteiger partial charge in [0.05, 0.1) is 40.6 Å². The summed E-state index contributed by atoms with van der Waals surface area (Å²) in [6.45, 7) is 4.02. The Bertz CT molecular complexity index is 963. The number of furan rings is 1. The van der Waals surface area contributed by atoms with Gasteiger partial charge in [-0.2, -0.15) is 0 Å². The van der Waals surface area contributed by atoms with Crippen LogP contribution in [0.3, 0.4) is 0 Å². The predicted molar refractivity (Wildman–Crippen MR) is 101 cm³/mol. The molecule has 1 aromatic carbocycles. The number of hydrogen-bond acceptors (Lipinski definition) is 7. The Labute approximate surface area is 159 Å². The minimum Gasteiger partial charge on any atom is -0.491 e. The molecule has 0 amide bonds. The van der Waals surface area contributed by atoms with Crippen LogP contribution in [0.25, 0.3) is 0 Å². The molecule has 0 saturated carbocycles. The fourth-order valence-electron chi connectivity index (χ4n) is 3.11. The van der Waals surface area contributed by atoms with Gasteiger partial charge in [-0.3, -0.25) is 0 Å². The molecule has 7 nitrogen and oxygen atoms in total. The maximum atomic E-state index is 13.1. The number of rotatable bonds is 7. The third-order valence-electron chi connectivity index (χ3n) is 4.34. The summed E-state index contributed by atoms with van der Waals surface area (Å²) >= 11 is 0. The Morgan fingerprint density at radius 2 is 1.89 bits per heavy atom. The normalized spacial score (nSPS) is 22.2. The predicted octanol–water partition coefficient (Wildman–Crippen LogP) is 1.80. The van der Waals surface area contributed by atoms with Crippen LogP contribution in [0, 0.1) is 0 Å². The van der Waals surface area contributed by atoms with Crippen molar-refractivity contribution in [3.8, 4) is 5.75 Å². The van der Waals surface area contributed by atoms with Crippen LogP contribution in [0.5, 0.6) is 5.75 Å². The van der Waals surface area contributed by atoms with Gasteiger partial charge in [-0.05, 0) is 50.2 Å². The van der Waals surface area contributed by atoms with Gasteiger partial charge in [-0.1, -0.05) is 0 Å². The molecule has 148 valence electrons. The second-order valence-electron chi connectivity index (χ2n) is 6.87. The molecule has 2 aromatic rings. The van der Waals surface area contributed by atoms with Crippen molar-refractivity contribution in [2.24, 2.45) is 0 Å². The summed E-state index contributed by atoms with van der Waals surface area (Å²) in [6.07, 6.45) is 1.49. The number of sulfone groups is 2. The van der Waals surface area contributed by atoms with Crippen molar-refractivity contribution in [3.05, 3.63) is 48.4 Å². The van der Waals surface area contributed by atoms with E-state index < -0.39 is 36.7 Å². The van der Waals surface area contributed by atoms with E-state index in [1.165, 1.54) is 18.4 Å². The van der Waals surface area contributed by atoms with E-state index in [0.29, 0.717) is 11.5 Å². The molecule has 3 rings (SSSR count). The molecule has 0 unspecified atom stereocenters. The molecular weight excluding hydrogens is 390 g/mol. The van der Waals surface area contributed by atoms with Crippen molar-refractivity contribution >= 4 is 19.7 Å². The summed E-state index contributed by atoms with van der Waals surface area (Å²) in [5.41, 5.74) is 0. The summed E-state index contributed by atoms with van der Waals surface area (Å²) in [5.74, 6) is 0.572. The highest BCUT2D eigenvalue weighted by Gasteiger charge is 2.45. The number of ether oxygens (including phenoxy) is 1. The minimum atomic E-state index is -3.82. The largest absolute Gasteiger partial charge is 0.491 e. The lowest BCUT2D eigenvalue weighted by Crippen LogP contribution is -2.42. The summed E-state index contributed by atoms with van der Waals surface area (Å²) in [4.78, 5) is 0.0884. The van der Waals surface area contributed by atoms with Crippen LogP contribution < -0.4 is 10.1 Å². The smallest absolute Gasteiger partial charge is 0.183 e. The van der Waals surface area contributed by atoms with Crippen molar-refractivity contribution in [2.45, 2.75) is 42.7 Å². The molecular formula is C18H23NO6S2. The fourth-order valence-corrected chi connectivity index (χ4v) is 7.83. The van der Waals surface area contributed by atoms with Crippen LogP contribution >= 0.6 is 0 Å². The third-order valence-corrected chi connectivity index (χ3v) is 8.51. The maximum Gasteiger partial charge on any atom is 0.183 e. The topological polar surface area (TPSA) is 103 Å². The Hall–Kier alpha value is -1.84. The Balaban J connectivity index is 1.81. The van der Waals surface area contributed by atoms with Gasteiger partial charge in [0, 0.05) is 6.04 Å². The third kappa shape index (κ3) is 4.72. The molecule has 1 aliphatic rings. The number of hydrogen-bond donors (Lipinski definition) is 1. The molecule has 1 aliphatic heterocycles. The van der Waals surface area contributed by atoms with Crippen molar-refractivity contribution in [1.29, 1.82) is 0 Å². The average Bonchev–Trinajstić information content (AvgIpc) is 3.20. The lowest BCUT2D eigenvalue weighted by atomic mass is 10.2. The zero-order valence-electron chi connectivity index (χ0n) is 15.2. The van der Waals surface area contributed by atoms with Crippen molar-refractivity contribution in [1.82, 2.24) is 5.32 Å². The van der Waals surface area contributed by atoms with E-state index >= 15 is 0 Å². The van der Waals surface area contributed by atoms with Gasteiger partial charge in [-0.25, -0.2) is 16.8 Å². The second-order valence-corrected chi connectivity index (χ2v) is 11.2. The molecule has 0 spiro atoms. The number of benzene rings is 1. The highest BCUT2D eigenvalue weighted by atomic mass is 32.2. The first-order valence-electron chi connectivity index (χ1n) is 8.64. The molecule has 1 N–H and O–H groups in total. The highest BCUT2D eigenvalue weighted by molar-refractivity contribution is 7.96. The quantitative estimate of drug-likeness (QED) is 0.738. The van der Waals surface area contributed by atoms with Gasteiger partial charge in [0.1, 0.15) is 11.5 Å². The van der Waals surface area contributed by atoms with E-state index in [0.717, 1.165) is 0 Å². The SMILES string of the molecule is CC(C)Oc1ccc(S(=O)(=O)[C@H]2CS(=O)(=O)C[C@@H]2NCc2ccco2)cc1. The summed E-state index contributed by atoms with van der Waals surface area (Å²) in [6, 6.07) is 8.86. The minimum absolute atomic E-state index is 0.0254. The van der Waals surface area contributed by atoms with E-state index in [4.69, 9.17) is 9.15 Å². The van der Waals surface area contributed by atoms with Gasteiger partial charge in [-0.15, -0.1) is 0 Å². The van der Waals surface area contributed by atoms with Crippen molar-refractivity contribution in [2.75, 3.05) is 11.5 Å². The zero-order chi connectivity index (χ0) is 19.7. The van der Waals surface area contributed by atoms with Crippen molar-refractivity contribution in [3.63, 3.8) is 0 Å². The van der Waals surface area contributed by atoms with E-state index in [1.54, 1.807) is 24.3 Å². The van der Waals surface area contributed by atoms with Crippen LogP contribution in [0.15, 0.2) is 52.0 Å². The Kier molecular flexibility index (Phi) is 5.64. The molecule has 1 fully saturated rings. The summed E-state index contributed by atoms with van der Waals surface area (Å²) < 4.78 is 61.1. The average molecular weight is 414 g/mol. The van der Waals surface area contributed by atoms with E-state index in [2.05, 4.69) is 5.32 Å². The van der Waals surface area contributed by atoms with Gasteiger partial charge < -0.3 is 14.5 Å². The molecule has 1 aromatic heterocycles. The number of nitrogens with one attached hydrogen (secondary N) is 1. The highest BCUT2D eigenvalue weighted by Crippen LogP contribution is 2.27.